The summed E-state index contributed by atoms with van der Waals surface area (Å²) in [6.45, 7) is 6.33. The van der Waals surface area contributed by atoms with E-state index in [9.17, 15) is 4.39 Å². The summed E-state index contributed by atoms with van der Waals surface area (Å²) in [5.41, 5.74) is 3.19. The Morgan fingerprint density at radius 1 is 1.30 bits per heavy atom. The summed E-state index contributed by atoms with van der Waals surface area (Å²) in [5.74, 6) is 0.277. The van der Waals surface area contributed by atoms with E-state index in [2.05, 4.69) is 46.3 Å². The average Bonchev–Trinajstić information content (AvgIpc) is 3.31. The zero-order valence-electron chi connectivity index (χ0n) is 18.5. The van der Waals surface area contributed by atoms with Gasteiger partial charge in [-0.05, 0) is 61.3 Å². The molecule has 0 spiro atoms. The average molecular weight is 483 g/mol. The van der Waals surface area contributed by atoms with Crippen LogP contribution in [0.25, 0.3) is 17.0 Å². The molecule has 6 nitrogen and oxygen atoms in total. The van der Waals surface area contributed by atoms with Gasteiger partial charge in [0.05, 0.1) is 18.7 Å². The van der Waals surface area contributed by atoms with Crippen molar-refractivity contribution >= 4 is 34.7 Å². The topological polar surface area (TPSA) is 63.4 Å². The maximum atomic E-state index is 14.2. The highest BCUT2D eigenvalue weighted by atomic mass is 32.2. The van der Waals surface area contributed by atoms with E-state index in [0.717, 1.165) is 21.7 Å². The smallest absolute Gasteiger partial charge is 0.258 e. The third-order valence-electron chi connectivity index (χ3n) is 5.42. The Morgan fingerprint density at radius 3 is 2.70 bits per heavy atom. The molecule has 1 aliphatic rings. The third-order valence-corrected chi connectivity index (χ3v) is 6.51. The molecule has 0 saturated carbocycles. The summed E-state index contributed by atoms with van der Waals surface area (Å²) in [4.78, 5) is 7.69. The number of rotatable bonds is 7. The Bertz CT molecular complexity index is 1220. The van der Waals surface area contributed by atoms with Crippen molar-refractivity contribution in [3.05, 3.63) is 78.1 Å². The Labute approximate surface area is 201 Å². The fourth-order valence-corrected chi connectivity index (χ4v) is 4.45. The van der Waals surface area contributed by atoms with E-state index >= 15 is 0 Å². The number of nitrogens with zero attached hydrogens (tertiary/aromatic N) is 3. The predicted molar refractivity (Wildman–Crippen MR) is 132 cm³/mol. The molecule has 170 valence electrons. The number of aromatic nitrogens is 2. The maximum Gasteiger partial charge on any atom is 0.258 e. The van der Waals surface area contributed by atoms with E-state index in [1.165, 1.54) is 19.2 Å². The lowest BCUT2D eigenvalue weighted by molar-refractivity contribution is 0.386. The second-order valence-corrected chi connectivity index (χ2v) is 8.59. The summed E-state index contributed by atoms with van der Waals surface area (Å²) < 4.78 is 24.9. The number of ether oxygens (including phenoxy) is 1. The number of benzene rings is 2. The van der Waals surface area contributed by atoms with E-state index in [-0.39, 0.29) is 17.6 Å². The van der Waals surface area contributed by atoms with Crippen molar-refractivity contribution in [1.82, 2.24) is 20.4 Å². The fraction of sp³-hybridized carbons (Fsp3) is 0.208. The van der Waals surface area contributed by atoms with Crippen LogP contribution in [-0.2, 0) is 0 Å². The predicted octanol–water partition coefficient (Wildman–Crippen LogP) is 5.45. The molecule has 1 aromatic heterocycles. The molecular weight excluding hydrogens is 459 g/mol. The molecule has 3 aromatic rings. The van der Waals surface area contributed by atoms with Crippen LogP contribution in [0.4, 0.5) is 4.39 Å². The van der Waals surface area contributed by atoms with Crippen LogP contribution in [0.15, 0.2) is 70.2 Å². The number of nitrogens with one attached hydrogen (secondary N) is 1. The first-order chi connectivity index (χ1) is 16.0. The van der Waals surface area contributed by atoms with Gasteiger partial charge in [-0.1, -0.05) is 23.4 Å². The molecule has 0 bridgehead atoms. The summed E-state index contributed by atoms with van der Waals surface area (Å²) in [7, 11) is 1.42. The molecule has 0 amide bonds. The van der Waals surface area contributed by atoms with Gasteiger partial charge in [0.2, 0.25) is 5.82 Å². The second-order valence-electron chi connectivity index (χ2n) is 7.33. The van der Waals surface area contributed by atoms with Gasteiger partial charge < -0.3 is 19.5 Å². The standard InChI is InChI=1S/C24H23FN4O2S2/c1-5-12-29-14(2)20(21(26-24(29)32)15-6-9-17(33-4)10-7-15)23-27-22(28-31-23)16-8-11-19(30-3)18(25)13-16/h5-11,13,21H,1,12H2,2-4H3,(H,26,32). The van der Waals surface area contributed by atoms with Crippen LogP contribution >= 0.6 is 24.0 Å². The van der Waals surface area contributed by atoms with E-state index in [0.29, 0.717) is 23.1 Å². The first-order valence-electron chi connectivity index (χ1n) is 10.2. The minimum Gasteiger partial charge on any atom is -0.494 e. The summed E-state index contributed by atoms with van der Waals surface area (Å²) in [6.07, 6.45) is 3.82. The molecule has 1 N–H and O–H groups in total. The number of thiocarbonyl (C=S) groups is 1. The molecule has 1 unspecified atom stereocenters. The van der Waals surface area contributed by atoms with Crippen molar-refractivity contribution < 1.29 is 13.7 Å². The van der Waals surface area contributed by atoms with Crippen LogP contribution in [0.2, 0.25) is 0 Å². The zero-order valence-corrected chi connectivity index (χ0v) is 20.1. The van der Waals surface area contributed by atoms with E-state index in [1.54, 1.807) is 23.9 Å². The number of halogens is 1. The van der Waals surface area contributed by atoms with Gasteiger partial charge in [-0.2, -0.15) is 4.98 Å². The maximum absolute atomic E-state index is 14.2. The number of allylic oxidation sites excluding steroid dienone is 1. The van der Waals surface area contributed by atoms with Gasteiger partial charge in [0.1, 0.15) is 0 Å². The van der Waals surface area contributed by atoms with Crippen LogP contribution in [-0.4, -0.2) is 40.1 Å². The Hall–Kier alpha value is -3.17. The van der Waals surface area contributed by atoms with E-state index in [4.69, 9.17) is 21.5 Å². The Balaban J connectivity index is 1.79. The lowest BCUT2D eigenvalue weighted by atomic mass is 9.95. The number of thioether (sulfide) groups is 1. The minimum absolute atomic E-state index is 0.153. The van der Waals surface area contributed by atoms with Crippen LogP contribution < -0.4 is 10.1 Å². The molecule has 2 aromatic carbocycles. The second kappa shape index (κ2) is 9.76. The first-order valence-corrected chi connectivity index (χ1v) is 11.8. The molecular formula is C24H23FN4O2S2. The Kier molecular flexibility index (Phi) is 6.80. The summed E-state index contributed by atoms with van der Waals surface area (Å²) in [5, 5.41) is 8.10. The molecule has 0 fully saturated rings. The molecule has 1 atom stereocenters. The van der Waals surface area contributed by atoms with Crippen molar-refractivity contribution in [1.29, 1.82) is 0 Å². The fourth-order valence-electron chi connectivity index (χ4n) is 3.71. The van der Waals surface area contributed by atoms with E-state index < -0.39 is 5.82 Å². The van der Waals surface area contributed by atoms with Gasteiger partial charge in [0, 0.05) is 22.7 Å². The SMILES string of the molecule is C=CCN1C(=S)NC(c2ccc(SC)cc2)C(c2nc(-c3ccc(OC)c(F)c3)no2)=C1C. The number of hydrogen-bond acceptors (Lipinski definition) is 6. The largest absolute Gasteiger partial charge is 0.494 e. The highest BCUT2D eigenvalue weighted by Gasteiger charge is 2.33. The lowest BCUT2D eigenvalue weighted by Gasteiger charge is -2.36. The molecule has 1 aliphatic heterocycles. The van der Waals surface area contributed by atoms with Crippen molar-refractivity contribution in [3.8, 4) is 17.1 Å². The molecule has 4 rings (SSSR count). The molecule has 33 heavy (non-hydrogen) atoms. The highest BCUT2D eigenvalue weighted by molar-refractivity contribution is 7.98. The van der Waals surface area contributed by atoms with Crippen LogP contribution in [0, 0.1) is 5.82 Å². The van der Waals surface area contributed by atoms with Gasteiger partial charge in [0.25, 0.3) is 5.89 Å². The normalized spacial score (nSPS) is 16.1. The van der Waals surface area contributed by atoms with Gasteiger partial charge in [-0.15, -0.1) is 18.3 Å². The molecule has 9 heteroatoms. The van der Waals surface area contributed by atoms with Gasteiger partial charge in [-0.3, -0.25) is 0 Å². The van der Waals surface area contributed by atoms with Gasteiger partial charge in [0.15, 0.2) is 16.7 Å². The Morgan fingerprint density at radius 2 is 2.06 bits per heavy atom. The lowest BCUT2D eigenvalue weighted by Crippen LogP contribution is -2.45. The quantitative estimate of drug-likeness (QED) is 0.271. The van der Waals surface area contributed by atoms with Crippen molar-refractivity contribution in [3.63, 3.8) is 0 Å². The van der Waals surface area contributed by atoms with Gasteiger partial charge in [-0.25, -0.2) is 4.39 Å². The first kappa shape index (κ1) is 23.0. The van der Waals surface area contributed by atoms with Crippen molar-refractivity contribution in [2.24, 2.45) is 0 Å². The molecule has 0 radical (unpaired) electrons. The number of methoxy groups -OCH3 is 1. The van der Waals surface area contributed by atoms with E-state index in [1.807, 2.05) is 18.1 Å². The minimum atomic E-state index is -0.495. The van der Waals surface area contributed by atoms with Gasteiger partial charge >= 0.3 is 0 Å². The molecule has 2 heterocycles. The summed E-state index contributed by atoms with van der Waals surface area (Å²) in [6, 6.07) is 12.5. The molecule has 0 saturated heterocycles. The van der Waals surface area contributed by atoms with Crippen LogP contribution in [0.5, 0.6) is 5.75 Å². The van der Waals surface area contributed by atoms with Crippen molar-refractivity contribution in [2.75, 3.05) is 19.9 Å². The third kappa shape index (κ3) is 4.51. The zero-order chi connectivity index (χ0) is 23.5. The monoisotopic (exact) mass is 482 g/mol. The van der Waals surface area contributed by atoms with Crippen molar-refractivity contribution in [2.45, 2.75) is 17.9 Å². The molecule has 0 aliphatic carbocycles. The number of hydrogen-bond donors (Lipinski definition) is 1. The highest BCUT2D eigenvalue weighted by Crippen LogP contribution is 2.38. The van der Waals surface area contributed by atoms with Crippen LogP contribution in [0.1, 0.15) is 24.4 Å². The summed E-state index contributed by atoms with van der Waals surface area (Å²) >= 11 is 7.30. The van der Waals surface area contributed by atoms with Crippen LogP contribution in [0.3, 0.4) is 0 Å².